The molecule has 3 aliphatic heterocycles. The number of rotatable bonds is 4. The van der Waals surface area contributed by atoms with Gasteiger partial charge in [-0.2, -0.15) is 0 Å². The Bertz CT molecular complexity index is 3380. The van der Waals surface area contributed by atoms with Gasteiger partial charge in [-0.3, -0.25) is 0 Å². The second-order valence-corrected chi connectivity index (χ2v) is 24.9. The molecule has 4 heteroatoms. The van der Waals surface area contributed by atoms with Crippen LogP contribution in [-0.2, 0) is 21.7 Å². The monoisotopic (exact) mass is 902 g/mol. The van der Waals surface area contributed by atoms with Crippen LogP contribution < -0.4 is 26.2 Å². The average molecular weight is 903 g/mol. The van der Waals surface area contributed by atoms with E-state index < -0.39 is 0 Å². The third-order valence-electron chi connectivity index (χ3n) is 18.0. The van der Waals surface area contributed by atoms with Crippen molar-refractivity contribution < 1.29 is 0 Å². The molecule has 2 nitrogen and oxygen atoms in total. The third-order valence-corrected chi connectivity index (χ3v) is 19.2. The van der Waals surface area contributed by atoms with Gasteiger partial charge < -0.3 is 9.80 Å². The molecule has 1 saturated carbocycles. The Morgan fingerprint density at radius 3 is 1.75 bits per heavy atom. The standard InChI is InChI=1S/C64H63BN2S/c1-60(2,3)45-27-28-52(46(37-45)42-25-17-12-18-26-42)66-53-35-44(41-23-15-11-16-24-41)36-54-57(53)65(56-47-38-48-49(39-55(47)68-59(56)66)62(6,7)32-31-61(48,4)5)51-34-43(40-21-13-10-14-22-40)33-50-58(51)67(54)64(9)30-20-19-29-63(50,64)8/h10-18,21-28,33-39H,19-20,29-32H2,1-9H3. The summed E-state index contributed by atoms with van der Waals surface area (Å²) in [5.41, 5.74) is 23.5. The normalized spacial score (nSPS) is 21.5. The van der Waals surface area contributed by atoms with Gasteiger partial charge in [-0.25, -0.2) is 0 Å². The second-order valence-electron chi connectivity index (χ2n) is 23.9. The Kier molecular flexibility index (Phi) is 8.93. The molecule has 8 aromatic rings. The number of benzene rings is 7. The van der Waals surface area contributed by atoms with Gasteiger partial charge >= 0.3 is 0 Å². The summed E-state index contributed by atoms with van der Waals surface area (Å²) < 4.78 is 1.40. The van der Waals surface area contributed by atoms with Crippen molar-refractivity contribution in [3.63, 3.8) is 0 Å². The Morgan fingerprint density at radius 1 is 0.515 bits per heavy atom. The zero-order chi connectivity index (χ0) is 46.7. The predicted molar refractivity (Wildman–Crippen MR) is 294 cm³/mol. The van der Waals surface area contributed by atoms with Crippen LogP contribution in [0.25, 0.3) is 43.5 Å². The van der Waals surface area contributed by atoms with Crippen molar-refractivity contribution in [3.8, 4) is 33.4 Å². The molecule has 1 fully saturated rings. The summed E-state index contributed by atoms with van der Waals surface area (Å²) in [6.07, 6.45) is 7.23. The minimum atomic E-state index is -0.105. The molecular weight excluding hydrogens is 840 g/mol. The molecule has 0 amide bonds. The molecule has 1 aromatic heterocycles. The Balaban J connectivity index is 1.21. The van der Waals surface area contributed by atoms with Gasteiger partial charge in [-0.15, -0.1) is 11.3 Å². The third kappa shape index (κ3) is 5.82. The Hall–Kier alpha value is -5.84. The molecule has 4 heterocycles. The van der Waals surface area contributed by atoms with Crippen molar-refractivity contribution in [1.82, 2.24) is 0 Å². The Labute approximate surface area is 409 Å². The van der Waals surface area contributed by atoms with Gasteiger partial charge in [-0.05, 0) is 163 Å². The van der Waals surface area contributed by atoms with Crippen LogP contribution in [-0.4, -0.2) is 12.3 Å². The van der Waals surface area contributed by atoms with E-state index in [9.17, 15) is 0 Å². The predicted octanol–water partition coefficient (Wildman–Crippen LogP) is 15.9. The molecule has 0 spiro atoms. The summed E-state index contributed by atoms with van der Waals surface area (Å²) in [4.78, 5) is 5.66. The molecule has 0 radical (unpaired) electrons. The largest absolute Gasteiger partial charge is 0.335 e. The number of hydrogen-bond donors (Lipinski definition) is 0. The zero-order valence-electron chi connectivity index (χ0n) is 41.5. The lowest BCUT2D eigenvalue weighted by molar-refractivity contribution is 0.195. The lowest BCUT2D eigenvalue weighted by Gasteiger charge is -2.52. The minimum absolute atomic E-state index is 0.0153. The van der Waals surface area contributed by atoms with Gasteiger partial charge in [-0.1, -0.05) is 171 Å². The topological polar surface area (TPSA) is 6.48 Å². The summed E-state index contributed by atoms with van der Waals surface area (Å²) in [6.45, 7) is 22.3. The van der Waals surface area contributed by atoms with Crippen LogP contribution in [0.3, 0.4) is 0 Å². The van der Waals surface area contributed by atoms with E-state index in [2.05, 4.69) is 218 Å². The molecule has 5 aliphatic rings. The quantitative estimate of drug-likeness (QED) is 0.162. The molecule has 13 rings (SSSR count). The first kappa shape index (κ1) is 42.3. The first-order valence-corrected chi connectivity index (χ1v) is 26.3. The summed E-state index contributed by atoms with van der Waals surface area (Å²) in [6, 6.07) is 56.8. The van der Waals surface area contributed by atoms with E-state index in [0.717, 1.165) is 6.42 Å². The molecular formula is C64H63BN2S. The summed E-state index contributed by atoms with van der Waals surface area (Å²) in [5, 5.41) is 2.79. The van der Waals surface area contributed by atoms with Gasteiger partial charge in [0.2, 0.25) is 0 Å². The van der Waals surface area contributed by atoms with Gasteiger partial charge in [0.15, 0.2) is 0 Å². The van der Waals surface area contributed by atoms with Crippen LogP contribution >= 0.6 is 11.3 Å². The smallest absolute Gasteiger partial charge is 0.254 e. The lowest BCUT2D eigenvalue weighted by Crippen LogP contribution is -2.64. The highest BCUT2D eigenvalue weighted by atomic mass is 32.1. The van der Waals surface area contributed by atoms with E-state index >= 15 is 0 Å². The van der Waals surface area contributed by atoms with Crippen molar-refractivity contribution in [2.24, 2.45) is 0 Å². The van der Waals surface area contributed by atoms with Crippen LogP contribution in [0, 0.1) is 0 Å². The fourth-order valence-corrected chi connectivity index (χ4v) is 15.1. The highest BCUT2D eigenvalue weighted by Crippen LogP contribution is 2.63. The van der Waals surface area contributed by atoms with Crippen molar-refractivity contribution >= 4 is 72.3 Å². The first-order chi connectivity index (χ1) is 32.6. The number of hydrogen-bond acceptors (Lipinski definition) is 3. The summed E-state index contributed by atoms with van der Waals surface area (Å²) >= 11 is 2.03. The lowest BCUT2D eigenvalue weighted by atomic mass is 9.33. The van der Waals surface area contributed by atoms with Crippen LogP contribution in [0.2, 0.25) is 0 Å². The Morgan fingerprint density at radius 2 is 1.10 bits per heavy atom. The molecule has 2 atom stereocenters. The van der Waals surface area contributed by atoms with E-state index in [0.29, 0.717) is 0 Å². The number of nitrogens with zero attached hydrogens (tertiary/aromatic N) is 2. The van der Waals surface area contributed by atoms with Gasteiger partial charge in [0.25, 0.3) is 6.71 Å². The number of thiophene rings is 1. The maximum absolute atomic E-state index is 2.92. The van der Waals surface area contributed by atoms with E-state index in [1.54, 1.807) is 5.56 Å². The summed E-state index contributed by atoms with van der Waals surface area (Å²) in [7, 11) is 0. The average Bonchev–Trinajstić information content (AvgIpc) is 3.81. The van der Waals surface area contributed by atoms with Crippen LogP contribution in [0.4, 0.5) is 27.8 Å². The van der Waals surface area contributed by atoms with E-state index in [4.69, 9.17) is 0 Å². The molecule has 0 bridgehead atoms. The molecule has 68 heavy (non-hydrogen) atoms. The van der Waals surface area contributed by atoms with E-state index in [-0.39, 0.29) is 33.9 Å². The second kappa shape index (κ2) is 14.4. The SMILES string of the molecule is CC(C)(C)c1ccc(N2c3cc(-c4ccccc4)cc4c3B(c3cc(-c5ccccc5)cc5c3N4C3(C)CCCCC53C)c3c2sc2cc4c(cc32)C(C)(C)CCC4(C)C)c(-c2ccccc2)c1. The fourth-order valence-electron chi connectivity index (χ4n) is 13.8. The molecule has 2 aliphatic carbocycles. The zero-order valence-corrected chi connectivity index (χ0v) is 42.3. The molecule has 7 aromatic carbocycles. The number of anilines is 5. The van der Waals surface area contributed by atoms with Crippen LogP contribution in [0.5, 0.6) is 0 Å². The molecule has 2 unspecified atom stereocenters. The van der Waals surface area contributed by atoms with Gasteiger partial charge in [0, 0.05) is 32.7 Å². The van der Waals surface area contributed by atoms with E-state index in [1.165, 1.54) is 136 Å². The highest BCUT2D eigenvalue weighted by molar-refractivity contribution is 7.26. The van der Waals surface area contributed by atoms with Crippen molar-refractivity contribution in [1.29, 1.82) is 0 Å². The first-order valence-electron chi connectivity index (χ1n) is 25.5. The van der Waals surface area contributed by atoms with Crippen molar-refractivity contribution in [2.75, 3.05) is 9.80 Å². The van der Waals surface area contributed by atoms with Gasteiger partial charge in [0.05, 0.1) is 16.2 Å². The molecule has 0 saturated heterocycles. The van der Waals surface area contributed by atoms with E-state index in [1.807, 2.05) is 11.3 Å². The fraction of sp³-hybridized carbons (Fsp3) is 0.312. The maximum Gasteiger partial charge on any atom is 0.254 e. The summed E-state index contributed by atoms with van der Waals surface area (Å²) in [5.74, 6) is 0. The molecule has 338 valence electrons. The van der Waals surface area contributed by atoms with Crippen LogP contribution in [0.15, 0.2) is 146 Å². The van der Waals surface area contributed by atoms with Crippen LogP contribution in [0.1, 0.15) is 123 Å². The van der Waals surface area contributed by atoms with Crippen molar-refractivity contribution in [2.45, 2.75) is 128 Å². The molecule has 0 N–H and O–H groups in total. The van der Waals surface area contributed by atoms with Gasteiger partial charge in [0.1, 0.15) is 0 Å². The minimum Gasteiger partial charge on any atom is -0.335 e. The number of fused-ring (bicyclic) bond motifs is 10. The maximum atomic E-state index is 2.92. The van der Waals surface area contributed by atoms with Crippen molar-refractivity contribution in [3.05, 3.63) is 168 Å². The highest BCUT2D eigenvalue weighted by Gasteiger charge is 2.62.